The fourth-order valence-electron chi connectivity index (χ4n) is 3.78. The summed E-state index contributed by atoms with van der Waals surface area (Å²) in [4.78, 5) is 6.78. The number of benzene rings is 2. The Morgan fingerprint density at radius 2 is 1.88 bits per heavy atom. The molecule has 2 atom stereocenters. The Labute approximate surface area is 146 Å². The second-order valence-electron chi connectivity index (χ2n) is 6.74. The molecule has 0 aliphatic carbocycles. The monoisotopic (exact) mass is 336 g/mol. The van der Waals surface area contributed by atoms with Gasteiger partial charge >= 0.3 is 0 Å². The fraction of sp³-hybridized carbons (Fsp3) is 0.286. The Morgan fingerprint density at radius 3 is 2.68 bits per heavy atom. The van der Waals surface area contributed by atoms with Gasteiger partial charge in [-0.25, -0.2) is 4.39 Å². The van der Waals surface area contributed by atoms with Gasteiger partial charge in [-0.05, 0) is 42.3 Å². The van der Waals surface area contributed by atoms with Crippen LogP contribution in [0.5, 0.6) is 0 Å². The van der Waals surface area contributed by atoms with Crippen LogP contribution in [-0.4, -0.2) is 34.2 Å². The third kappa shape index (κ3) is 3.41. The number of aromatic nitrogens is 1. The number of aliphatic hydroxyl groups is 1. The summed E-state index contributed by atoms with van der Waals surface area (Å²) in [5, 5.41) is 11.7. The minimum Gasteiger partial charge on any atom is -0.391 e. The summed E-state index contributed by atoms with van der Waals surface area (Å²) in [5.74, 6) is -0.165. The van der Waals surface area contributed by atoms with E-state index < -0.39 is 6.10 Å². The minimum atomic E-state index is -0.442. The molecule has 1 aliphatic heterocycles. The Bertz CT molecular complexity index is 860. The van der Waals surface area contributed by atoms with Gasteiger partial charge in [0.2, 0.25) is 0 Å². The van der Waals surface area contributed by atoms with Crippen molar-refractivity contribution in [3.63, 3.8) is 0 Å². The third-order valence-electron chi connectivity index (χ3n) is 5.07. The van der Waals surface area contributed by atoms with Crippen molar-refractivity contribution < 1.29 is 9.50 Å². The molecule has 1 saturated heterocycles. The van der Waals surface area contributed by atoms with Gasteiger partial charge in [0, 0.05) is 30.6 Å². The number of piperidine rings is 1. The highest BCUT2D eigenvalue weighted by Gasteiger charge is 2.29. The summed E-state index contributed by atoms with van der Waals surface area (Å²) in [7, 11) is 0. The van der Waals surface area contributed by atoms with E-state index in [0.717, 1.165) is 36.0 Å². The Kier molecular flexibility index (Phi) is 4.47. The lowest BCUT2D eigenvalue weighted by molar-refractivity contribution is 0.0478. The van der Waals surface area contributed by atoms with Crippen molar-refractivity contribution in [1.29, 1.82) is 0 Å². The van der Waals surface area contributed by atoms with Gasteiger partial charge in [-0.15, -0.1) is 0 Å². The van der Waals surface area contributed by atoms with Crippen LogP contribution in [0.25, 0.3) is 10.9 Å². The van der Waals surface area contributed by atoms with Crippen LogP contribution in [0.15, 0.2) is 60.8 Å². The summed E-state index contributed by atoms with van der Waals surface area (Å²) < 4.78 is 13.1. The molecule has 3 nitrogen and oxygen atoms in total. The Balaban J connectivity index is 1.48. The van der Waals surface area contributed by atoms with Crippen LogP contribution in [0.2, 0.25) is 0 Å². The van der Waals surface area contributed by atoms with Gasteiger partial charge in [-0.1, -0.05) is 36.4 Å². The summed E-state index contributed by atoms with van der Waals surface area (Å²) >= 11 is 0. The summed E-state index contributed by atoms with van der Waals surface area (Å²) in [5.41, 5.74) is 3.23. The predicted octanol–water partition coefficient (Wildman–Crippen LogP) is 3.72. The number of likely N-dealkylation sites (tertiary alicyclic amines) is 1. The van der Waals surface area contributed by atoms with Crippen molar-refractivity contribution in [1.82, 2.24) is 9.88 Å². The molecule has 1 aliphatic rings. The minimum absolute atomic E-state index is 0.0718. The molecule has 0 amide bonds. The van der Waals surface area contributed by atoms with Crippen LogP contribution < -0.4 is 0 Å². The van der Waals surface area contributed by atoms with Crippen LogP contribution in [0.4, 0.5) is 4.39 Å². The first-order chi connectivity index (χ1) is 12.2. The molecule has 4 heteroatoms. The van der Waals surface area contributed by atoms with E-state index in [1.165, 1.54) is 17.7 Å². The van der Waals surface area contributed by atoms with Crippen molar-refractivity contribution in [2.45, 2.75) is 25.0 Å². The normalized spacial score (nSPS) is 21.5. The zero-order valence-corrected chi connectivity index (χ0v) is 14.0. The number of nitrogens with zero attached hydrogens (tertiary/aromatic N) is 2. The molecule has 2 heterocycles. The molecular weight excluding hydrogens is 315 g/mol. The third-order valence-corrected chi connectivity index (χ3v) is 5.07. The van der Waals surface area contributed by atoms with Crippen molar-refractivity contribution >= 4 is 10.9 Å². The molecule has 128 valence electrons. The molecule has 25 heavy (non-hydrogen) atoms. The maximum absolute atomic E-state index is 13.1. The van der Waals surface area contributed by atoms with E-state index in [4.69, 9.17) is 0 Å². The van der Waals surface area contributed by atoms with E-state index in [2.05, 4.69) is 34.1 Å². The van der Waals surface area contributed by atoms with Crippen LogP contribution in [0, 0.1) is 5.82 Å². The first-order valence-corrected chi connectivity index (χ1v) is 8.69. The molecule has 1 aromatic heterocycles. The first-order valence-electron chi connectivity index (χ1n) is 8.69. The molecule has 0 bridgehead atoms. The number of aliphatic hydroxyl groups excluding tert-OH is 1. The maximum atomic E-state index is 13.1. The summed E-state index contributed by atoms with van der Waals surface area (Å²) in [6.07, 6.45) is 2.24. The van der Waals surface area contributed by atoms with Gasteiger partial charge in [-0.2, -0.15) is 0 Å². The standard InChI is InChI=1S/C21H21FN2O/c22-18-8-6-15(7-9-18)19-10-12-24(14-20(19)25)13-17-4-1-3-16-5-2-11-23-21(16)17/h1-9,11,19-20,25H,10,12-14H2/t19-,20+/m0/s1. The van der Waals surface area contributed by atoms with Crippen LogP contribution in [0.3, 0.4) is 0 Å². The van der Waals surface area contributed by atoms with E-state index in [0.29, 0.717) is 6.54 Å². The van der Waals surface area contributed by atoms with Gasteiger partial charge in [0.15, 0.2) is 0 Å². The molecule has 1 fully saturated rings. The molecule has 3 aromatic rings. The zero-order valence-electron chi connectivity index (χ0n) is 14.0. The molecule has 0 spiro atoms. The van der Waals surface area contributed by atoms with Gasteiger partial charge in [0.05, 0.1) is 11.6 Å². The Hall–Kier alpha value is -2.30. The number of hydrogen-bond donors (Lipinski definition) is 1. The fourth-order valence-corrected chi connectivity index (χ4v) is 3.78. The van der Waals surface area contributed by atoms with Crippen LogP contribution >= 0.6 is 0 Å². The number of pyridine rings is 1. The number of β-amino-alcohol motifs (C(OH)–C–C–N with tert-alkyl or cyclic N) is 1. The highest BCUT2D eigenvalue weighted by molar-refractivity contribution is 5.81. The van der Waals surface area contributed by atoms with Gasteiger partial charge in [0.25, 0.3) is 0 Å². The second kappa shape index (κ2) is 6.90. The van der Waals surface area contributed by atoms with Crippen LogP contribution in [0.1, 0.15) is 23.5 Å². The van der Waals surface area contributed by atoms with E-state index in [1.54, 1.807) is 12.1 Å². The first kappa shape index (κ1) is 16.2. The molecule has 0 saturated carbocycles. The van der Waals surface area contributed by atoms with E-state index in [-0.39, 0.29) is 11.7 Å². The maximum Gasteiger partial charge on any atom is 0.123 e. The van der Waals surface area contributed by atoms with Crippen molar-refractivity contribution in [3.05, 3.63) is 77.7 Å². The predicted molar refractivity (Wildman–Crippen MR) is 96.8 cm³/mol. The highest BCUT2D eigenvalue weighted by atomic mass is 19.1. The number of hydrogen-bond acceptors (Lipinski definition) is 3. The van der Waals surface area contributed by atoms with Gasteiger partial charge in [-0.3, -0.25) is 9.88 Å². The van der Waals surface area contributed by atoms with Crippen molar-refractivity contribution in [2.24, 2.45) is 0 Å². The molecule has 1 N–H and O–H groups in total. The zero-order chi connectivity index (χ0) is 17.2. The average Bonchev–Trinajstić information content (AvgIpc) is 2.63. The number of halogens is 1. The van der Waals surface area contributed by atoms with Gasteiger partial charge in [0.1, 0.15) is 5.82 Å². The topological polar surface area (TPSA) is 36.4 Å². The Morgan fingerprint density at radius 1 is 1.08 bits per heavy atom. The average molecular weight is 336 g/mol. The van der Waals surface area contributed by atoms with Crippen molar-refractivity contribution in [2.75, 3.05) is 13.1 Å². The molecular formula is C21H21FN2O. The number of fused-ring (bicyclic) bond motifs is 1. The SMILES string of the molecule is O[C@@H]1CN(Cc2cccc3cccnc23)CC[C@H]1c1ccc(F)cc1. The second-order valence-corrected chi connectivity index (χ2v) is 6.74. The number of para-hydroxylation sites is 1. The number of rotatable bonds is 3. The molecule has 4 rings (SSSR count). The largest absolute Gasteiger partial charge is 0.391 e. The van der Waals surface area contributed by atoms with Crippen LogP contribution in [-0.2, 0) is 6.54 Å². The van der Waals surface area contributed by atoms with E-state index >= 15 is 0 Å². The lowest BCUT2D eigenvalue weighted by atomic mass is 9.87. The van der Waals surface area contributed by atoms with E-state index in [9.17, 15) is 9.50 Å². The lowest BCUT2D eigenvalue weighted by Gasteiger charge is -2.36. The smallest absolute Gasteiger partial charge is 0.123 e. The highest BCUT2D eigenvalue weighted by Crippen LogP contribution is 2.30. The molecule has 2 aromatic carbocycles. The summed E-state index contributed by atoms with van der Waals surface area (Å²) in [6.45, 7) is 2.30. The molecule has 0 unspecified atom stereocenters. The quantitative estimate of drug-likeness (QED) is 0.792. The molecule has 0 radical (unpaired) electrons. The van der Waals surface area contributed by atoms with Crippen molar-refractivity contribution in [3.8, 4) is 0 Å². The van der Waals surface area contributed by atoms with E-state index in [1.807, 2.05) is 12.3 Å². The lowest BCUT2D eigenvalue weighted by Crippen LogP contribution is -2.42. The van der Waals surface area contributed by atoms with Gasteiger partial charge < -0.3 is 5.11 Å². The summed E-state index contributed by atoms with van der Waals surface area (Å²) in [6, 6.07) is 16.8.